The number of nitrogens with zero attached hydrogens (tertiary/aromatic N) is 2. The van der Waals surface area contributed by atoms with Gasteiger partial charge in [-0.1, -0.05) is 35.3 Å². The lowest BCUT2D eigenvalue weighted by Crippen LogP contribution is -2.21. The molecule has 1 heterocycles. The summed E-state index contributed by atoms with van der Waals surface area (Å²) in [6, 6.07) is 7.47. The van der Waals surface area contributed by atoms with Gasteiger partial charge in [0.1, 0.15) is 5.02 Å². The van der Waals surface area contributed by atoms with Gasteiger partial charge in [0, 0.05) is 18.6 Å². The third-order valence-electron chi connectivity index (χ3n) is 2.82. The Balaban J connectivity index is 1.76. The summed E-state index contributed by atoms with van der Waals surface area (Å²) in [6.45, 7) is 1.51. The van der Waals surface area contributed by atoms with Gasteiger partial charge in [-0.05, 0) is 17.7 Å². The van der Waals surface area contributed by atoms with Crippen LogP contribution in [-0.2, 0) is 18.4 Å². The lowest BCUT2D eigenvalue weighted by atomic mass is 10.2. The molecule has 0 saturated heterocycles. The second-order valence-corrected chi connectivity index (χ2v) is 5.22. The van der Waals surface area contributed by atoms with E-state index in [1.807, 2.05) is 24.3 Å². The van der Waals surface area contributed by atoms with Crippen LogP contribution in [0.2, 0.25) is 10.0 Å². The molecular weight excluding hydrogens is 313 g/mol. The molecule has 0 atom stereocenters. The summed E-state index contributed by atoms with van der Waals surface area (Å²) in [6.07, 6.45) is 1.52. The van der Waals surface area contributed by atoms with Crippen LogP contribution in [0.25, 0.3) is 0 Å². The minimum atomic E-state index is -0.330. The Bertz CT molecular complexity index is 656. The normalized spacial score (nSPS) is 10.6. The molecule has 0 aliphatic heterocycles. The van der Waals surface area contributed by atoms with Crippen LogP contribution in [0.3, 0.4) is 0 Å². The number of aryl methyl sites for hydroxylation is 1. The molecule has 0 radical (unpaired) electrons. The Kier molecular flexibility index (Phi) is 5.61. The molecule has 0 bridgehead atoms. The van der Waals surface area contributed by atoms with Crippen LogP contribution in [0.5, 0.6) is 0 Å². The van der Waals surface area contributed by atoms with E-state index in [9.17, 15) is 4.79 Å². The molecule has 2 rings (SSSR count). The van der Waals surface area contributed by atoms with Crippen molar-refractivity contribution in [1.29, 1.82) is 0 Å². The maximum absolute atomic E-state index is 11.6. The van der Waals surface area contributed by atoms with Crippen molar-refractivity contribution < 1.29 is 4.74 Å². The van der Waals surface area contributed by atoms with E-state index < -0.39 is 0 Å². The number of hydrogen-bond acceptors (Lipinski definition) is 4. The molecule has 7 heteroatoms. The highest BCUT2D eigenvalue weighted by molar-refractivity contribution is 6.32. The molecule has 1 aromatic carbocycles. The van der Waals surface area contributed by atoms with Crippen LogP contribution in [0.1, 0.15) is 5.56 Å². The molecular formula is C14H15Cl2N3O2. The predicted molar refractivity (Wildman–Crippen MR) is 84.1 cm³/mol. The Hall–Kier alpha value is -1.56. The lowest BCUT2D eigenvalue weighted by molar-refractivity contribution is 0.130. The molecule has 1 aromatic heterocycles. The van der Waals surface area contributed by atoms with Crippen molar-refractivity contribution in [3.05, 3.63) is 56.4 Å². The first-order valence-corrected chi connectivity index (χ1v) is 7.11. The molecule has 1 N–H and O–H groups in total. The minimum absolute atomic E-state index is 0.130. The van der Waals surface area contributed by atoms with Crippen molar-refractivity contribution >= 4 is 28.9 Å². The summed E-state index contributed by atoms with van der Waals surface area (Å²) >= 11 is 11.7. The van der Waals surface area contributed by atoms with Gasteiger partial charge >= 0.3 is 0 Å². The second kappa shape index (κ2) is 7.45. The molecule has 0 saturated carbocycles. The smallest absolute Gasteiger partial charge is 0.287 e. The highest BCUT2D eigenvalue weighted by Gasteiger charge is 2.06. The highest BCUT2D eigenvalue weighted by atomic mass is 35.5. The van der Waals surface area contributed by atoms with Gasteiger partial charge in [0.25, 0.3) is 5.56 Å². The predicted octanol–water partition coefficient (Wildman–Crippen LogP) is 2.72. The fourth-order valence-corrected chi connectivity index (χ4v) is 2.03. The average molecular weight is 328 g/mol. The minimum Gasteiger partial charge on any atom is -0.380 e. The number of ether oxygens (including phenoxy) is 1. The van der Waals surface area contributed by atoms with Gasteiger partial charge in [0.15, 0.2) is 0 Å². The van der Waals surface area contributed by atoms with Crippen LogP contribution in [-0.4, -0.2) is 22.9 Å². The van der Waals surface area contributed by atoms with E-state index in [0.717, 1.165) is 5.56 Å². The van der Waals surface area contributed by atoms with Gasteiger partial charge < -0.3 is 10.1 Å². The van der Waals surface area contributed by atoms with Gasteiger partial charge in [0.2, 0.25) is 0 Å². The van der Waals surface area contributed by atoms with Crippen LogP contribution >= 0.6 is 23.2 Å². The van der Waals surface area contributed by atoms with E-state index in [2.05, 4.69) is 10.4 Å². The molecule has 112 valence electrons. The van der Waals surface area contributed by atoms with Crippen molar-refractivity contribution in [1.82, 2.24) is 9.78 Å². The number of hydrogen-bond donors (Lipinski definition) is 1. The fraction of sp³-hybridized carbons (Fsp3) is 0.286. The number of halogens is 2. The number of benzene rings is 1. The van der Waals surface area contributed by atoms with Gasteiger partial charge in [-0.25, -0.2) is 4.68 Å². The highest BCUT2D eigenvalue weighted by Crippen LogP contribution is 2.14. The van der Waals surface area contributed by atoms with Crippen molar-refractivity contribution in [2.24, 2.45) is 7.05 Å². The Morgan fingerprint density at radius 2 is 2.00 bits per heavy atom. The van der Waals surface area contributed by atoms with Gasteiger partial charge in [0.05, 0.1) is 25.1 Å². The summed E-state index contributed by atoms with van der Waals surface area (Å²) in [7, 11) is 1.55. The van der Waals surface area contributed by atoms with Crippen LogP contribution < -0.4 is 10.9 Å². The molecule has 0 amide bonds. The van der Waals surface area contributed by atoms with Gasteiger partial charge in [-0.15, -0.1) is 0 Å². The van der Waals surface area contributed by atoms with Crippen molar-refractivity contribution in [3.63, 3.8) is 0 Å². The summed E-state index contributed by atoms with van der Waals surface area (Å²) in [5, 5.41) is 7.75. The van der Waals surface area contributed by atoms with Crippen molar-refractivity contribution in [3.8, 4) is 0 Å². The maximum atomic E-state index is 11.6. The van der Waals surface area contributed by atoms with E-state index in [-0.39, 0.29) is 10.6 Å². The zero-order chi connectivity index (χ0) is 15.2. The largest absolute Gasteiger partial charge is 0.380 e. The number of anilines is 1. The summed E-state index contributed by atoms with van der Waals surface area (Å²) in [4.78, 5) is 11.6. The van der Waals surface area contributed by atoms with Gasteiger partial charge in [-0.3, -0.25) is 4.79 Å². The first kappa shape index (κ1) is 15.8. The monoisotopic (exact) mass is 327 g/mol. The van der Waals surface area contributed by atoms with E-state index in [4.69, 9.17) is 27.9 Å². The van der Waals surface area contributed by atoms with Crippen LogP contribution in [0.4, 0.5) is 5.69 Å². The molecule has 0 aliphatic carbocycles. The van der Waals surface area contributed by atoms with E-state index in [0.29, 0.717) is 30.5 Å². The lowest BCUT2D eigenvalue weighted by Gasteiger charge is -2.09. The Morgan fingerprint density at radius 1 is 1.29 bits per heavy atom. The number of rotatable bonds is 6. The number of aromatic nitrogens is 2. The van der Waals surface area contributed by atoms with E-state index >= 15 is 0 Å². The molecule has 21 heavy (non-hydrogen) atoms. The molecule has 0 fully saturated rings. The first-order valence-electron chi connectivity index (χ1n) is 6.36. The fourth-order valence-electron chi connectivity index (χ4n) is 1.66. The van der Waals surface area contributed by atoms with Crippen molar-refractivity contribution in [2.45, 2.75) is 6.61 Å². The average Bonchev–Trinajstić information content (AvgIpc) is 2.48. The van der Waals surface area contributed by atoms with Gasteiger partial charge in [-0.2, -0.15) is 5.10 Å². The standard InChI is InChI=1S/C14H15Cl2N3O2/c1-19-14(20)13(16)12(8-18-19)17-6-7-21-9-10-2-4-11(15)5-3-10/h2-5,8,17H,6-7,9H2,1H3. The van der Waals surface area contributed by atoms with Crippen LogP contribution in [0.15, 0.2) is 35.3 Å². The second-order valence-electron chi connectivity index (χ2n) is 4.41. The maximum Gasteiger partial charge on any atom is 0.287 e. The summed E-state index contributed by atoms with van der Waals surface area (Å²) < 4.78 is 6.71. The SMILES string of the molecule is Cn1ncc(NCCOCc2ccc(Cl)cc2)c(Cl)c1=O. The molecule has 0 unspecified atom stereocenters. The molecule has 0 spiro atoms. The quantitative estimate of drug-likeness (QED) is 0.829. The third-order valence-corrected chi connectivity index (χ3v) is 3.44. The summed E-state index contributed by atoms with van der Waals surface area (Å²) in [5.74, 6) is 0. The topological polar surface area (TPSA) is 56.1 Å². The Morgan fingerprint density at radius 3 is 2.71 bits per heavy atom. The number of nitrogens with one attached hydrogen (secondary N) is 1. The first-order chi connectivity index (χ1) is 10.1. The molecule has 2 aromatic rings. The molecule has 0 aliphatic rings. The van der Waals surface area contributed by atoms with Crippen LogP contribution in [0, 0.1) is 0 Å². The zero-order valence-corrected chi connectivity index (χ0v) is 13.0. The molecule has 5 nitrogen and oxygen atoms in total. The third kappa shape index (κ3) is 4.46. The van der Waals surface area contributed by atoms with E-state index in [1.54, 1.807) is 7.05 Å². The Labute approximate surface area is 132 Å². The zero-order valence-electron chi connectivity index (χ0n) is 11.5. The van der Waals surface area contributed by atoms with Crippen molar-refractivity contribution in [2.75, 3.05) is 18.5 Å². The van der Waals surface area contributed by atoms with E-state index in [1.165, 1.54) is 10.9 Å². The summed E-state index contributed by atoms with van der Waals surface area (Å²) in [5.41, 5.74) is 1.23.